The van der Waals surface area contributed by atoms with E-state index in [9.17, 15) is 26.7 Å². The van der Waals surface area contributed by atoms with Gasteiger partial charge in [0.25, 0.3) is 10.0 Å². The third-order valence-corrected chi connectivity index (χ3v) is 10.6. The molecule has 0 saturated carbocycles. The molecule has 0 aliphatic carbocycles. The van der Waals surface area contributed by atoms with Crippen molar-refractivity contribution < 1.29 is 31.5 Å². The smallest absolute Gasteiger partial charge is 0.261 e. The van der Waals surface area contributed by atoms with Crippen LogP contribution in [0.2, 0.25) is 0 Å². The Bertz CT molecular complexity index is 1610. The predicted molar refractivity (Wildman–Crippen MR) is 160 cm³/mol. The first-order valence-corrected chi connectivity index (χ1v) is 16.5. The van der Waals surface area contributed by atoms with Gasteiger partial charge in [0.2, 0.25) is 15.9 Å². The lowest BCUT2D eigenvalue weighted by molar-refractivity contribution is -0.134. The molecule has 3 aromatic rings. The average Bonchev–Trinajstić information content (AvgIpc) is 3.00. The quantitative estimate of drug-likeness (QED) is 0.378. The summed E-state index contributed by atoms with van der Waals surface area (Å²) in [6.07, 6.45) is -0.765. The van der Waals surface area contributed by atoms with E-state index in [4.69, 9.17) is 4.74 Å². The van der Waals surface area contributed by atoms with Crippen molar-refractivity contribution in [2.24, 2.45) is 5.92 Å². The molecule has 1 amide bonds. The topological polar surface area (TPSA) is 133 Å². The fourth-order valence-corrected chi connectivity index (χ4v) is 7.02. The molecule has 0 aromatic heterocycles. The number of anilines is 1. The van der Waals surface area contributed by atoms with Crippen LogP contribution in [0.25, 0.3) is 0 Å². The SMILES string of the molecule is Cc1ccc(S(=O)(=O)Nc2ccc3c(c2)CC(=O)N([C@H](C)CO)C[C@H](C)[C@H](CN(C)S(=O)(=O)c2ccccc2)O3)cc1. The summed E-state index contributed by atoms with van der Waals surface area (Å²) in [5.74, 6) is -0.234. The number of carbonyl (C=O) groups excluding carboxylic acids is 1. The van der Waals surface area contributed by atoms with Gasteiger partial charge >= 0.3 is 0 Å². The lowest BCUT2D eigenvalue weighted by atomic mass is 10.0. The van der Waals surface area contributed by atoms with E-state index in [1.807, 2.05) is 13.8 Å². The lowest BCUT2D eigenvalue weighted by Crippen LogP contribution is -2.48. The van der Waals surface area contributed by atoms with Gasteiger partial charge in [0, 0.05) is 30.8 Å². The number of aliphatic hydroxyl groups excluding tert-OH is 1. The minimum atomic E-state index is -3.89. The number of fused-ring (bicyclic) bond motifs is 1. The Morgan fingerprint density at radius 2 is 1.69 bits per heavy atom. The third kappa shape index (κ3) is 7.12. The van der Waals surface area contributed by atoms with E-state index < -0.39 is 32.2 Å². The Labute approximate surface area is 248 Å². The van der Waals surface area contributed by atoms with Crippen molar-refractivity contribution in [1.29, 1.82) is 0 Å². The normalized spacial score (nSPS) is 18.8. The Kier molecular flexibility index (Phi) is 9.61. The highest BCUT2D eigenvalue weighted by Crippen LogP contribution is 2.30. The number of ether oxygens (including phenoxy) is 1. The molecule has 1 aliphatic rings. The standard InChI is InChI=1S/C30H37N3O7S2/c1-21-10-13-26(14-11-21)41(36,37)31-25-12-15-28-24(16-25)17-30(35)33(23(3)20-34)18-22(2)29(40-28)19-32(4)42(38,39)27-8-6-5-7-9-27/h5-16,22-23,29,31,34H,17-20H2,1-4H3/t22-,23+,29-/m0/s1. The molecule has 0 bridgehead atoms. The number of likely N-dealkylation sites (N-methyl/N-ethyl adjacent to an activating group) is 1. The van der Waals surface area contributed by atoms with Crippen molar-refractivity contribution in [3.8, 4) is 5.75 Å². The number of aliphatic hydroxyl groups is 1. The van der Waals surface area contributed by atoms with Gasteiger partial charge in [-0.05, 0) is 56.3 Å². The summed E-state index contributed by atoms with van der Waals surface area (Å²) < 4.78 is 62.8. The monoisotopic (exact) mass is 615 g/mol. The van der Waals surface area contributed by atoms with Crippen LogP contribution in [0.1, 0.15) is 25.0 Å². The number of hydrogen-bond acceptors (Lipinski definition) is 7. The van der Waals surface area contributed by atoms with Gasteiger partial charge in [0.15, 0.2) is 0 Å². The highest BCUT2D eigenvalue weighted by Gasteiger charge is 2.33. The van der Waals surface area contributed by atoms with E-state index in [0.717, 1.165) is 5.56 Å². The number of sulfonamides is 2. The summed E-state index contributed by atoms with van der Waals surface area (Å²) in [7, 11) is -6.23. The molecule has 42 heavy (non-hydrogen) atoms. The van der Waals surface area contributed by atoms with Gasteiger partial charge in [-0.3, -0.25) is 9.52 Å². The van der Waals surface area contributed by atoms with Crippen LogP contribution in [0, 0.1) is 12.8 Å². The van der Waals surface area contributed by atoms with Crippen molar-refractivity contribution in [1.82, 2.24) is 9.21 Å². The third-order valence-electron chi connectivity index (χ3n) is 7.39. The van der Waals surface area contributed by atoms with E-state index in [1.54, 1.807) is 60.4 Å². The summed E-state index contributed by atoms with van der Waals surface area (Å²) in [6, 6.07) is 18.7. The number of amides is 1. The summed E-state index contributed by atoms with van der Waals surface area (Å²) in [6.45, 7) is 5.43. The van der Waals surface area contributed by atoms with Gasteiger partial charge in [-0.1, -0.05) is 42.8 Å². The maximum atomic E-state index is 13.5. The van der Waals surface area contributed by atoms with Crippen LogP contribution < -0.4 is 9.46 Å². The zero-order valence-corrected chi connectivity index (χ0v) is 25.7. The zero-order chi connectivity index (χ0) is 30.7. The first kappa shape index (κ1) is 31.5. The molecular weight excluding hydrogens is 578 g/mol. The highest BCUT2D eigenvalue weighted by atomic mass is 32.2. The Morgan fingerprint density at radius 1 is 1.02 bits per heavy atom. The van der Waals surface area contributed by atoms with Crippen LogP contribution >= 0.6 is 0 Å². The van der Waals surface area contributed by atoms with Crippen LogP contribution in [-0.4, -0.2) is 75.9 Å². The van der Waals surface area contributed by atoms with E-state index in [-0.39, 0.29) is 53.4 Å². The van der Waals surface area contributed by atoms with Crippen molar-refractivity contribution >= 4 is 31.6 Å². The van der Waals surface area contributed by atoms with Gasteiger partial charge in [-0.15, -0.1) is 0 Å². The number of carbonyl (C=O) groups is 1. The number of aryl methyl sites for hydroxylation is 1. The molecule has 4 rings (SSSR count). The second-order valence-corrected chi connectivity index (χ2v) is 14.5. The molecule has 12 heteroatoms. The maximum absolute atomic E-state index is 13.5. The minimum Gasteiger partial charge on any atom is -0.488 e. The molecule has 0 saturated heterocycles. The predicted octanol–water partition coefficient (Wildman–Crippen LogP) is 3.27. The lowest BCUT2D eigenvalue weighted by Gasteiger charge is -2.33. The fourth-order valence-electron chi connectivity index (χ4n) is 4.77. The minimum absolute atomic E-state index is 0.00479. The highest BCUT2D eigenvalue weighted by molar-refractivity contribution is 7.92. The van der Waals surface area contributed by atoms with E-state index in [0.29, 0.717) is 11.3 Å². The first-order valence-electron chi connectivity index (χ1n) is 13.6. The van der Waals surface area contributed by atoms with E-state index in [2.05, 4.69) is 4.72 Å². The van der Waals surface area contributed by atoms with Crippen molar-refractivity contribution in [2.75, 3.05) is 31.5 Å². The van der Waals surface area contributed by atoms with Gasteiger partial charge in [0.05, 0.1) is 35.4 Å². The van der Waals surface area contributed by atoms with Crippen molar-refractivity contribution in [3.63, 3.8) is 0 Å². The number of benzene rings is 3. The zero-order valence-electron chi connectivity index (χ0n) is 24.1. The molecular formula is C30H37N3O7S2. The van der Waals surface area contributed by atoms with Crippen LogP contribution in [0.15, 0.2) is 82.6 Å². The molecule has 1 aliphatic heterocycles. The fraction of sp³-hybridized carbons (Fsp3) is 0.367. The average molecular weight is 616 g/mol. The van der Waals surface area contributed by atoms with Gasteiger partial charge in [-0.25, -0.2) is 16.8 Å². The van der Waals surface area contributed by atoms with E-state index >= 15 is 0 Å². The van der Waals surface area contributed by atoms with Crippen LogP contribution in [0.3, 0.4) is 0 Å². The summed E-state index contributed by atoms with van der Waals surface area (Å²) in [5, 5.41) is 9.87. The van der Waals surface area contributed by atoms with Crippen LogP contribution in [-0.2, 0) is 31.3 Å². The molecule has 3 atom stereocenters. The second kappa shape index (κ2) is 12.8. The van der Waals surface area contributed by atoms with Crippen molar-refractivity contribution in [3.05, 3.63) is 83.9 Å². The molecule has 1 heterocycles. The molecule has 0 radical (unpaired) electrons. The Morgan fingerprint density at radius 3 is 2.33 bits per heavy atom. The molecule has 10 nitrogen and oxygen atoms in total. The molecule has 2 N–H and O–H groups in total. The van der Waals surface area contributed by atoms with Gasteiger partial charge < -0.3 is 14.7 Å². The van der Waals surface area contributed by atoms with Gasteiger partial charge in [0.1, 0.15) is 11.9 Å². The molecule has 226 valence electrons. The molecule has 0 spiro atoms. The first-order chi connectivity index (χ1) is 19.8. The van der Waals surface area contributed by atoms with Crippen LogP contribution in [0.4, 0.5) is 5.69 Å². The van der Waals surface area contributed by atoms with Crippen molar-refractivity contribution in [2.45, 2.75) is 49.1 Å². The maximum Gasteiger partial charge on any atom is 0.261 e. The molecule has 3 aromatic carbocycles. The Balaban J connectivity index is 1.68. The number of nitrogens with zero attached hydrogens (tertiary/aromatic N) is 2. The summed E-state index contributed by atoms with van der Waals surface area (Å²) in [5.41, 5.74) is 1.61. The second-order valence-electron chi connectivity index (χ2n) is 10.7. The van der Waals surface area contributed by atoms with Gasteiger partial charge in [-0.2, -0.15) is 4.31 Å². The number of hydrogen-bond donors (Lipinski definition) is 2. The molecule has 0 fully saturated rings. The number of nitrogens with one attached hydrogen (secondary N) is 1. The largest absolute Gasteiger partial charge is 0.488 e. The van der Waals surface area contributed by atoms with Crippen LogP contribution in [0.5, 0.6) is 5.75 Å². The number of rotatable bonds is 9. The van der Waals surface area contributed by atoms with E-state index in [1.165, 1.54) is 35.6 Å². The molecule has 0 unspecified atom stereocenters. The Hall–Kier alpha value is -3.45. The summed E-state index contributed by atoms with van der Waals surface area (Å²) in [4.78, 5) is 15.3. The summed E-state index contributed by atoms with van der Waals surface area (Å²) >= 11 is 0.